The average molecular weight is 285 g/mol. The molecule has 5 nitrogen and oxygen atoms in total. The van der Waals surface area contributed by atoms with E-state index in [1.54, 1.807) is 43.3 Å². The van der Waals surface area contributed by atoms with Crippen LogP contribution in [0.4, 0.5) is 11.5 Å². The third kappa shape index (κ3) is 3.95. The van der Waals surface area contributed by atoms with Gasteiger partial charge in [0.2, 0.25) is 0 Å². The third-order valence-corrected chi connectivity index (χ3v) is 2.86. The van der Waals surface area contributed by atoms with Gasteiger partial charge >= 0.3 is 0 Å². The summed E-state index contributed by atoms with van der Waals surface area (Å²) in [6.45, 7) is 5.70. The van der Waals surface area contributed by atoms with Crippen LogP contribution in [0.5, 0.6) is 5.75 Å². The maximum atomic E-state index is 12.1. The van der Waals surface area contributed by atoms with Gasteiger partial charge in [-0.25, -0.2) is 4.98 Å². The zero-order chi connectivity index (χ0) is 15.4. The number of aryl methyl sites for hydroxylation is 1. The first-order chi connectivity index (χ1) is 9.95. The number of benzene rings is 1. The first-order valence-corrected chi connectivity index (χ1v) is 6.77. The SMILES string of the molecule is Cc1nc(NC(=O)c2ccc(OC(C)C)cc2)ccc1N. The molecule has 0 unspecified atom stereocenters. The summed E-state index contributed by atoms with van der Waals surface area (Å²) >= 11 is 0. The minimum atomic E-state index is -0.220. The van der Waals surface area contributed by atoms with Crippen LogP contribution >= 0.6 is 0 Å². The van der Waals surface area contributed by atoms with Gasteiger partial charge in [0, 0.05) is 5.56 Å². The summed E-state index contributed by atoms with van der Waals surface area (Å²) in [5, 5.41) is 2.74. The molecule has 0 aliphatic carbocycles. The lowest BCUT2D eigenvalue weighted by Crippen LogP contribution is -2.13. The Morgan fingerprint density at radius 1 is 1.19 bits per heavy atom. The highest BCUT2D eigenvalue weighted by Gasteiger charge is 2.08. The normalized spacial score (nSPS) is 10.5. The number of ether oxygens (including phenoxy) is 1. The van der Waals surface area contributed by atoms with Crippen molar-refractivity contribution in [1.29, 1.82) is 0 Å². The molecule has 0 spiro atoms. The van der Waals surface area contributed by atoms with Crippen LogP contribution < -0.4 is 15.8 Å². The minimum Gasteiger partial charge on any atom is -0.491 e. The first kappa shape index (κ1) is 14.8. The molecule has 0 aliphatic heterocycles. The Morgan fingerprint density at radius 3 is 2.43 bits per heavy atom. The number of nitrogens with zero attached hydrogens (tertiary/aromatic N) is 1. The summed E-state index contributed by atoms with van der Waals surface area (Å²) in [5.41, 5.74) is 7.53. The number of nitrogens with two attached hydrogens (primary N) is 1. The van der Waals surface area contributed by atoms with Gasteiger partial charge in [-0.3, -0.25) is 4.79 Å². The quantitative estimate of drug-likeness (QED) is 0.905. The molecule has 5 heteroatoms. The Labute approximate surface area is 124 Å². The summed E-state index contributed by atoms with van der Waals surface area (Å²) in [6, 6.07) is 10.4. The molecular formula is C16H19N3O2. The number of anilines is 2. The molecule has 3 N–H and O–H groups in total. The number of aromatic nitrogens is 1. The molecule has 21 heavy (non-hydrogen) atoms. The van der Waals surface area contributed by atoms with E-state index in [4.69, 9.17) is 10.5 Å². The van der Waals surface area contributed by atoms with E-state index in [9.17, 15) is 4.79 Å². The van der Waals surface area contributed by atoms with Crippen molar-refractivity contribution in [2.75, 3.05) is 11.1 Å². The third-order valence-electron chi connectivity index (χ3n) is 2.86. The number of amides is 1. The number of rotatable bonds is 4. The van der Waals surface area contributed by atoms with E-state index >= 15 is 0 Å². The lowest BCUT2D eigenvalue weighted by Gasteiger charge is -2.10. The van der Waals surface area contributed by atoms with Crippen molar-refractivity contribution in [2.24, 2.45) is 0 Å². The second kappa shape index (κ2) is 6.26. The van der Waals surface area contributed by atoms with Crippen molar-refractivity contribution in [3.63, 3.8) is 0 Å². The Hall–Kier alpha value is -2.56. The molecule has 0 atom stereocenters. The van der Waals surface area contributed by atoms with Crippen molar-refractivity contribution >= 4 is 17.4 Å². The molecule has 1 amide bonds. The van der Waals surface area contributed by atoms with Gasteiger partial charge in [0.05, 0.1) is 17.5 Å². The summed E-state index contributed by atoms with van der Waals surface area (Å²) in [6.07, 6.45) is 0.103. The van der Waals surface area contributed by atoms with E-state index in [0.29, 0.717) is 22.8 Å². The van der Waals surface area contributed by atoms with Gasteiger partial charge in [0.1, 0.15) is 11.6 Å². The second-order valence-corrected chi connectivity index (χ2v) is 5.02. The number of carbonyl (C=O) groups excluding carboxylic acids is 1. The Balaban J connectivity index is 2.07. The highest BCUT2D eigenvalue weighted by molar-refractivity contribution is 6.03. The Kier molecular flexibility index (Phi) is 4.42. The zero-order valence-corrected chi connectivity index (χ0v) is 12.4. The minimum absolute atomic E-state index is 0.103. The molecule has 1 aromatic carbocycles. The van der Waals surface area contributed by atoms with E-state index in [2.05, 4.69) is 10.3 Å². The zero-order valence-electron chi connectivity index (χ0n) is 12.4. The molecule has 1 heterocycles. The van der Waals surface area contributed by atoms with Crippen LogP contribution in [0.25, 0.3) is 0 Å². The van der Waals surface area contributed by atoms with Gasteiger partial charge in [0.25, 0.3) is 5.91 Å². The predicted octanol–water partition coefficient (Wildman–Crippen LogP) is 3.01. The number of carbonyl (C=O) groups is 1. The lowest BCUT2D eigenvalue weighted by atomic mass is 10.2. The molecule has 0 fully saturated rings. The molecule has 0 saturated heterocycles. The molecule has 2 aromatic rings. The lowest BCUT2D eigenvalue weighted by molar-refractivity contribution is 0.102. The summed E-state index contributed by atoms with van der Waals surface area (Å²) in [7, 11) is 0. The number of hydrogen-bond acceptors (Lipinski definition) is 4. The van der Waals surface area contributed by atoms with Crippen molar-refractivity contribution in [2.45, 2.75) is 26.9 Å². The van der Waals surface area contributed by atoms with Crippen molar-refractivity contribution < 1.29 is 9.53 Å². The monoisotopic (exact) mass is 285 g/mol. The fourth-order valence-corrected chi connectivity index (χ4v) is 1.79. The average Bonchev–Trinajstić information content (AvgIpc) is 2.43. The van der Waals surface area contributed by atoms with Gasteiger partial charge < -0.3 is 15.8 Å². The number of nitrogens with one attached hydrogen (secondary N) is 1. The highest BCUT2D eigenvalue weighted by atomic mass is 16.5. The molecule has 0 radical (unpaired) electrons. The van der Waals surface area contributed by atoms with E-state index in [-0.39, 0.29) is 12.0 Å². The summed E-state index contributed by atoms with van der Waals surface area (Å²) in [5.74, 6) is 1.000. The van der Waals surface area contributed by atoms with Gasteiger partial charge in [-0.1, -0.05) is 0 Å². The van der Waals surface area contributed by atoms with Crippen molar-refractivity contribution in [3.05, 3.63) is 47.7 Å². The largest absolute Gasteiger partial charge is 0.491 e. The van der Waals surface area contributed by atoms with Gasteiger partial charge in [-0.15, -0.1) is 0 Å². The molecular weight excluding hydrogens is 266 g/mol. The fraction of sp³-hybridized carbons (Fsp3) is 0.250. The topological polar surface area (TPSA) is 77.2 Å². The van der Waals surface area contributed by atoms with E-state index in [1.807, 2.05) is 13.8 Å². The highest BCUT2D eigenvalue weighted by Crippen LogP contribution is 2.16. The van der Waals surface area contributed by atoms with Gasteiger partial charge in [-0.05, 0) is 57.2 Å². The van der Waals surface area contributed by atoms with Crippen LogP contribution in [-0.2, 0) is 0 Å². The first-order valence-electron chi connectivity index (χ1n) is 6.77. The van der Waals surface area contributed by atoms with E-state index in [0.717, 1.165) is 5.75 Å². The smallest absolute Gasteiger partial charge is 0.256 e. The van der Waals surface area contributed by atoms with Gasteiger partial charge in [0.15, 0.2) is 0 Å². The van der Waals surface area contributed by atoms with E-state index < -0.39 is 0 Å². The van der Waals surface area contributed by atoms with Crippen molar-refractivity contribution in [3.8, 4) is 5.75 Å². The van der Waals surface area contributed by atoms with Crippen LogP contribution in [0.15, 0.2) is 36.4 Å². The van der Waals surface area contributed by atoms with Crippen LogP contribution in [0.2, 0.25) is 0 Å². The molecule has 0 saturated carbocycles. The maximum absolute atomic E-state index is 12.1. The van der Waals surface area contributed by atoms with Crippen LogP contribution in [0, 0.1) is 6.92 Å². The number of nitrogen functional groups attached to an aromatic ring is 1. The fourth-order valence-electron chi connectivity index (χ4n) is 1.79. The molecule has 110 valence electrons. The summed E-state index contributed by atoms with van der Waals surface area (Å²) in [4.78, 5) is 16.3. The standard InChI is InChI=1S/C16H19N3O2/c1-10(2)21-13-6-4-12(5-7-13)16(20)19-15-9-8-14(17)11(3)18-15/h4-10H,17H2,1-3H3,(H,18,19,20). The van der Waals surface area contributed by atoms with Gasteiger partial charge in [-0.2, -0.15) is 0 Å². The molecule has 1 aromatic heterocycles. The van der Waals surface area contributed by atoms with Crippen LogP contribution in [-0.4, -0.2) is 17.0 Å². The number of pyridine rings is 1. The Bertz CT molecular complexity index is 636. The Morgan fingerprint density at radius 2 is 1.86 bits per heavy atom. The predicted molar refractivity (Wildman–Crippen MR) is 83.5 cm³/mol. The van der Waals surface area contributed by atoms with Crippen LogP contribution in [0.3, 0.4) is 0 Å². The van der Waals surface area contributed by atoms with E-state index in [1.165, 1.54) is 0 Å². The molecule has 0 aliphatic rings. The van der Waals surface area contributed by atoms with Crippen LogP contribution in [0.1, 0.15) is 29.9 Å². The molecule has 0 bridgehead atoms. The summed E-state index contributed by atoms with van der Waals surface area (Å²) < 4.78 is 5.54. The molecule has 2 rings (SSSR count). The second-order valence-electron chi connectivity index (χ2n) is 5.02. The number of hydrogen-bond donors (Lipinski definition) is 2. The maximum Gasteiger partial charge on any atom is 0.256 e. The van der Waals surface area contributed by atoms with Crippen molar-refractivity contribution in [1.82, 2.24) is 4.98 Å².